The van der Waals surface area contributed by atoms with Crippen LogP contribution in [-0.2, 0) is 19.6 Å². The number of hydrogen-bond donors (Lipinski definition) is 1. The molecule has 0 aromatic heterocycles. The first-order chi connectivity index (χ1) is 14.6. The molecule has 1 aliphatic heterocycles. The van der Waals surface area contributed by atoms with Crippen LogP contribution in [0.3, 0.4) is 0 Å². The van der Waals surface area contributed by atoms with Crippen molar-refractivity contribution in [2.24, 2.45) is 0 Å². The zero-order valence-electron chi connectivity index (χ0n) is 15.8. The first-order valence-electron chi connectivity index (χ1n) is 9.01. The Morgan fingerprint density at radius 1 is 0.935 bits per heavy atom. The van der Waals surface area contributed by atoms with E-state index in [-0.39, 0.29) is 36.2 Å². The first kappa shape index (κ1) is 24.1. The van der Waals surface area contributed by atoms with Crippen molar-refractivity contribution in [3.05, 3.63) is 56.0 Å². The fourth-order valence-corrected chi connectivity index (χ4v) is 5.53. The summed E-state index contributed by atoms with van der Waals surface area (Å²) < 4.78 is 31.9. The van der Waals surface area contributed by atoms with Gasteiger partial charge in [-0.15, -0.1) is 0 Å². The van der Waals surface area contributed by atoms with Gasteiger partial charge in [0.1, 0.15) is 4.90 Å². The van der Waals surface area contributed by atoms with E-state index in [1.165, 1.54) is 28.6 Å². The number of carbonyl (C=O) groups is 2. The van der Waals surface area contributed by atoms with Gasteiger partial charge < -0.3 is 10.1 Å². The number of rotatable bonds is 6. The molecule has 1 aliphatic rings. The molecule has 7 nitrogen and oxygen atoms in total. The van der Waals surface area contributed by atoms with Crippen LogP contribution in [0.4, 0.5) is 5.69 Å². The van der Waals surface area contributed by atoms with Crippen LogP contribution in [0.25, 0.3) is 0 Å². The van der Waals surface area contributed by atoms with Gasteiger partial charge in [0.15, 0.2) is 6.61 Å². The van der Waals surface area contributed by atoms with E-state index in [2.05, 4.69) is 5.32 Å². The smallest absolute Gasteiger partial charge is 0.338 e. The summed E-state index contributed by atoms with van der Waals surface area (Å²) in [5.74, 6) is -1.56. The summed E-state index contributed by atoms with van der Waals surface area (Å²) in [6.45, 7) is 0.155. The molecule has 0 aliphatic carbocycles. The predicted octanol–water partition coefficient (Wildman–Crippen LogP) is 4.88. The Balaban J connectivity index is 1.68. The molecule has 0 spiro atoms. The van der Waals surface area contributed by atoms with Gasteiger partial charge in [0.25, 0.3) is 5.91 Å². The summed E-state index contributed by atoms with van der Waals surface area (Å²) in [5.41, 5.74) is 0.144. The van der Waals surface area contributed by atoms with Crippen molar-refractivity contribution in [1.29, 1.82) is 0 Å². The number of nitrogens with zero attached hydrogens (tertiary/aromatic N) is 1. The number of hydrogen-bond acceptors (Lipinski definition) is 5. The summed E-state index contributed by atoms with van der Waals surface area (Å²) in [6.07, 6.45) is 1.52. The van der Waals surface area contributed by atoms with Crippen molar-refractivity contribution >= 4 is 74.0 Å². The van der Waals surface area contributed by atoms with Crippen LogP contribution >= 0.6 is 46.4 Å². The maximum atomic E-state index is 12.8. The highest BCUT2D eigenvalue weighted by molar-refractivity contribution is 7.89. The average Bonchev–Trinajstić information content (AvgIpc) is 3.26. The van der Waals surface area contributed by atoms with Crippen molar-refractivity contribution in [3.8, 4) is 0 Å². The molecule has 1 amide bonds. The molecular formula is C19H16Cl4N2O5S. The van der Waals surface area contributed by atoms with E-state index in [1.807, 2.05) is 0 Å². The molecule has 166 valence electrons. The number of halogens is 4. The van der Waals surface area contributed by atoms with Crippen LogP contribution in [0.2, 0.25) is 20.1 Å². The maximum Gasteiger partial charge on any atom is 0.338 e. The molecule has 1 heterocycles. The minimum absolute atomic E-state index is 0.00421. The number of sulfonamides is 1. The van der Waals surface area contributed by atoms with Crippen LogP contribution in [0.15, 0.2) is 35.2 Å². The van der Waals surface area contributed by atoms with Gasteiger partial charge in [-0.3, -0.25) is 4.79 Å². The Morgan fingerprint density at radius 3 is 2.26 bits per heavy atom. The van der Waals surface area contributed by atoms with Crippen LogP contribution in [-0.4, -0.2) is 44.3 Å². The highest BCUT2D eigenvalue weighted by Gasteiger charge is 2.30. The van der Waals surface area contributed by atoms with E-state index in [9.17, 15) is 18.0 Å². The molecule has 0 radical (unpaired) electrons. The molecule has 1 fully saturated rings. The maximum absolute atomic E-state index is 12.8. The van der Waals surface area contributed by atoms with E-state index < -0.39 is 28.5 Å². The molecule has 0 unspecified atom stereocenters. The monoisotopic (exact) mass is 524 g/mol. The van der Waals surface area contributed by atoms with Crippen molar-refractivity contribution in [1.82, 2.24) is 4.31 Å². The Bertz CT molecular complexity index is 1130. The minimum atomic E-state index is -3.83. The van der Waals surface area contributed by atoms with Gasteiger partial charge in [-0.2, -0.15) is 4.31 Å². The normalized spacial score (nSPS) is 14.5. The molecule has 2 aromatic carbocycles. The summed E-state index contributed by atoms with van der Waals surface area (Å²) in [6, 6.07) is 6.49. The SMILES string of the molecule is O=C(COC(=O)c1ccc(Cl)c(S(=O)(=O)N2CCCC2)c1)Nc1cc(Cl)c(Cl)cc1Cl. The third-order valence-electron chi connectivity index (χ3n) is 4.47. The van der Waals surface area contributed by atoms with Crippen molar-refractivity contribution in [2.45, 2.75) is 17.7 Å². The quantitative estimate of drug-likeness (QED) is 0.428. The van der Waals surface area contributed by atoms with E-state index in [0.29, 0.717) is 13.1 Å². The Kier molecular flexibility index (Phi) is 7.72. The van der Waals surface area contributed by atoms with Crippen LogP contribution < -0.4 is 5.32 Å². The standard InChI is InChI=1S/C19H16Cl4N2O5S/c20-12-4-3-11(7-17(12)31(28,29)25-5-1-2-6-25)19(27)30-10-18(26)24-16-9-14(22)13(21)8-15(16)23/h3-4,7-9H,1-2,5-6,10H2,(H,24,26). The fourth-order valence-electron chi connectivity index (χ4n) is 2.91. The van der Waals surface area contributed by atoms with Gasteiger partial charge in [0, 0.05) is 13.1 Å². The number of amides is 1. The zero-order valence-corrected chi connectivity index (χ0v) is 19.7. The molecule has 2 aromatic rings. The van der Waals surface area contributed by atoms with E-state index >= 15 is 0 Å². The second-order valence-corrected chi connectivity index (χ2v) is 10.2. The van der Waals surface area contributed by atoms with Gasteiger partial charge in [-0.05, 0) is 43.2 Å². The molecule has 0 saturated carbocycles. The highest BCUT2D eigenvalue weighted by atomic mass is 35.5. The second kappa shape index (κ2) is 9.94. The third-order valence-corrected chi connectivity index (χ3v) is 7.88. The zero-order chi connectivity index (χ0) is 22.8. The van der Waals surface area contributed by atoms with Crippen LogP contribution in [0.1, 0.15) is 23.2 Å². The van der Waals surface area contributed by atoms with Crippen molar-refractivity contribution in [3.63, 3.8) is 0 Å². The third kappa shape index (κ3) is 5.63. The van der Waals surface area contributed by atoms with Crippen molar-refractivity contribution in [2.75, 3.05) is 25.0 Å². The summed E-state index contributed by atoms with van der Waals surface area (Å²) in [5, 5.41) is 3.01. The van der Waals surface area contributed by atoms with Crippen molar-refractivity contribution < 1.29 is 22.7 Å². The van der Waals surface area contributed by atoms with Crippen LogP contribution in [0.5, 0.6) is 0 Å². The van der Waals surface area contributed by atoms with Gasteiger partial charge in [-0.1, -0.05) is 46.4 Å². The number of benzene rings is 2. The number of carbonyl (C=O) groups excluding carboxylic acids is 2. The average molecular weight is 526 g/mol. The molecular weight excluding hydrogens is 510 g/mol. The van der Waals surface area contributed by atoms with E-state index in [0.717, 1.165) is 18.9 Å². The summed E-state index contributed by atoms with van der Waals surface area (Å²) >= 11 is 23.8. The topological polar surface area (TPSA) is 92.8 Å². The molecule has 12 heteroatoms. The molecule has 1 saturated heterocycles. The molecule has 1 N–H and O–H groups in total. The fraction of sp³-hybridized carbons (Fsp3) is 0.263. The first-order valence-corrected chi connectivity index (χ1v) is 12.0. The Labute approximate surface area is 199 Å². The number of esters is 1. The summed E-state index contributed by atoms with van der Waals surface area (Å²) in [7, 11) is -3.83. The van der Waals surface area contributed by atoms with E-state index in [1.54, 1.807) is 0 Å². The molecule has 3 rings (SSSR count). The van der Waals surface area contributed by atoms with Gasteiger partial charge in [-0.25, -0.2) is 13.2 Å². The largest absolute Gasteiger partial charge is 0.452 e. The second-order valence-electron chi connectivity index (χ2n) is 6.63. The van der Waals surface area contributed by atoms with E-state index in [4.69, 9.17) is 51.1 Å². The lowest BCUT2D eigenvalue weighted by molar-refractivity contribution is -0.119. The molecule has 0 atom stereocenters. The molecule has 31 heavy (non-hydrogen) atoms. The Hall–Kier alpha value is -1.55. The molecule has 0 bridgehead atoms. The predicted molar refractivity (Wildman–Crippen MR) is 120 cm³/mol. The lowest BCUT2D eigenvalue weighted by atomic mass is 10.2. The number of nitrogens with one attached hydrogen (secondary N) is 1. The lowest BCUT2D eigenvalue weighted by Crippen LogP contribution is -2.28. The lowest BCUT2D eigenvalue weighted by Gasteiger charge is -2.17. The Morgan fingerprint density at radius 2 is 1.58 bits per heavy atom. The number of anilines is 1. The van der Waals surface area contributed by atoms with Crippen LogP contribution in [0, 0.1) is 0 Å². The van der Waals surface area contributed by atoms with Gasteiger partial charge in [0.2, 0.25) is 10.0 Å². The summed E-state index contributed by atoms with van der Waals surface area (Å²) in [4.78, 5) is 24.3. The number of ether oxygens (including phenoxy) is 1. The highest BCUT2D eigenvalue weighted by Crippen LogP contribution is 2.32. The van der Waals surface area contributed by atoms with Gasteiger partial charge in [0.05, 0.1) is 31.3 Å². The minimum Gasteiger partial charge on any atom is -0.452 e. The van der Waals surface area contributed by atoms with Gasteiger partial charge >= 0.3 is 5.97 Å².